The number of pyridine rings is 1. The monoisotopic (exact) mass is 272 g/mol. The van der Waals surface area contributed by atoms with E-state index in [2.05, 4.69) is 4.98 Å². The van der Waals surface area contributed by atoms with Crippen molar-refractivity contribution in [1.29, 1.82) is 5.41 Å². The highest BCUT2D eigenvalue weighted by Gasteiger charge is 2.39. The van der Waals surface area contributed by atoms with Crippen molar-refractivity contribution in [2.45, 2.75) is 32.0 Å². The van der Waals surface area contributed by atoms with Gasteiger partial charge in [-0.3, -0.25) is 5.41 Å². The fourth-order valence-electron chi connectivity index (χ4n) is 2.05. The molecule has 0 amide bonds. The van der Waals surface area contributed by atoms with Crippen LogP contribution in [0, 0.1) is 12.3 Å². The molecule has 1 saturated carbocycles. The summed E-state index contributed by atoms with van der Waals surface area (Å²) in [5.74, 6) is -0.0965. The molecular formula is C12H15F3N4. The molecule has 104 valence electrons. The average molecular weight is 272 g/mol. The van der Waals surface area contributed by atoms with E-state index in [1.807, 2.05) is 0 Å². The second-order valence-electron chi connectivity index (χ2n) is 4.71. The minimum Gasteiger partial charge on any atom is -0.384 e. The largest absolute Gasteiger partial charge is 0.405 e. The third kappa shape index (κ3) is 3.15. The van der Waals surface area contributed by atoms with E-state index in [1.54, 1.807) is 13.0 Å². The molecule has 2 rings (SSSR count). The molecule has 19 heavy (non-hydrogen) atoms. The number of nitrogens with two attached hydrogens (primary N) is 1. The normalized spacial score (nSPS) is 15.4. The number of nitrogen functional groups attached to an aromatic ring is 1. The quantitative estimate of drug-likeness (QED) is 0.652. The Morgan fingerprint density at radius 2 is 2.16 bits per heavy atom. The minimum atomic E-state index is -4.30. The third-order valence-corrected chi connectivity index (χ3v) is 3.02. The number of halogens is 3. The van der Waals surface area contributed by atoms with Crippen molar-refractivity contribution in [2.24, 2.45) is 5.73 Å². The van der Waals surface area contributed by atoms with Gasteiger partial charge in [0.15, 0.2) is 0 Å². The zero-order valence-electron chi connectivity index (χ0n) is 10.5. The molecule has 3 N–H and O–H groups in total. The molecule has 4 nitrogen and oxygen atoms in total. The Morgan fingerprint density at radius 1 is 1.53 bits per heavy atom. The summed E-state index contributed by atoms with van der Waals surface area (Å²) in [5, 5.41) is 7.53. The van der Waals surface area contributed by atoms with E-state index in [-0.39, 0.29) is 17.7 Å². The van der Waals surface area contributed by atoms with Gasteiger partial charge in [0.1, 0.15) is 18.2 Å². The Morgan fingerprint density at radius 3 is 2.63 bits per heavy atom. The molecule has 0 unspecified atom stereocenters. The highest BCUT2D eigenvalue weighted by molar-refractivity contribution is 6.01. The van der Waals surface area contributed by atoms with Crippen LogP contribution in [0.25, 0.3) is 0 Å². The summed E-state index contributed by atoms with van der Waals surface area (Å²) < 4.78 is 38.0. The summed E-state index contributed by atoms with van der Waals surface area (Å²) in [4.78, 5) is 5.22. The fourth-order valence-corrected chi connectivity index (χ4v) is 2.05. The first-order valence-corrected chi connectivity index (χ1v) is 5.93. The lowest BCUT2D eigenvalue weighted by Gasteiger charge is -2.27. The van der Waals surface area contributed by atoms with Crippen LogP contribution in [-0.2, 0) is 0 Å². The lowest BCUT2D eigenvalue weighted by atomic mass is 10.1. The van der Waals surface area contributed by atoms with Crippen molar-refractivity contribution < 1.29 is 13.2 Å². The van der Waals surface area contributed by atoms with Crippen molar-refractivity contribution in [3.05, 3.63) is 23.4 Å². The number of nitrogens with zero attached hydrogens (tertiary/aromatic N) is 2. The highest BCUT2D eigenvalue weighted by atomic mass is 19.4. The summed E-state index contributed by atoms with van der Waals surface area (Å²) in [5.41, 5.74) is 6.42. The number of amidine groups is 1. The van der Waals surface area contributed by atoms with Crippen LogP contribution in [-0.4, -0.2) is 29.6 Å². The molecule has 1 fully saturated rings. The van der Waals surface area contributed by atoms with Gasteiger partial charge in [-0.25, -0.2) is 4.98 Å². The van der Waals surface area contributed by atoms with E-state index in [0.29, 0.717) is 24.0 Å². The van der Waals surface area contributed by atoms with E-state index < -0.39 is 12.7 Å². The fraction of sp³-hybridized carbons (Fsp3) is 0.500. The van der Waals surface area contributed by atoms with Crippen LogP contribution in [0.3, 0.4) is 0 Å². The van der Waals surface area contributed by atoms with Crippen LogP contribution in [0.5, 0.6) is 0 Å². The second-order valence-corrected chi connectivity index (χ2v) is 4.71. The average Bonchev–Trinajstić information content (AvgIpc) is 3.07. The highest BCUT2D eigenvalue weighted by Crippen LogP contribution is 2.35. The predicted molar refractivity (Wildman–Crippen MR) is 66.4 cm³/mol. The first-order valence-electron chi connectivity index (χ1n) is 5.93. The Hall–Kier alpha value is -1.79. The molecule has 0 aromatic carbocycles. The van der Waals surface area contributed by atoms with Crippen molar-refractivity contribution in [2.75, 3.05) is 11.4 Å². The van der Waals surface area contributed by atoms with E-state index in [9.17, 15) is 13.2 Å². The summed E-state index contributed by atoms with van der Waals surface area (Å²) >= 11 is 0. The van der Waals surface area contributed by atoms with E-state index in [0.717, 1.165) is 0 Å². The lowest BCUT2D eigenvalue weighted by Crippen LogP contribution is -2.38. The molecular weight excluding hydrogens is 257 g/mol. The van der Waals surface area contributed by atoms with E-state index in [1.165, 1.54) is 11.1 Å². The first kappa shape index (κ1) is 13.6. The number of aromatic nitrogens is 1. The molecule has 1 aromatic heterocycles. The van der Waals surface area contributed by atoms with Gasteiger partial charge in [-0.2, -0.15) is 13.2 Å². The maximum Gasteiger partial charge on any atom is 0.405 e. The number of hydrogen-bond donors (Lipinski definition) is 2. The van der Waals surface area contributed by atoms with Crippen LogP contribution in [0.2, 0.25) is 0 Å². The third-order valence-electron chi connectivity index (χ3n) is 3.02. The van der Waals surface area contributed by atoms with Gasteiger partial charge >= 0.3 is 6.18 Å². The van der Waals surface area contributed by atoms with E-state index >= 15 is 0 Å². The molecule has 1 aliphatic carbocycles. The molecule has 1 heterocycles. The van der Waals surface area contributed by atoms with Crippen molar-refractivity contribution in [3.63, 3.8) is 0 Å². The van der Waals surface area contributed by atoms with Gasteiger partial charge in [-0.05, 0) is 31.4 Å². The topological polar surface area (TPSA) is 66.0 Å². The summed E-state index contributed by atoms with van der Waals surface area (Å²) in [7, 11) is 0. The first-order chi connectivity index (χ1) is 8.79. The number of nitrogens with one attached hydrogen (secondary N) is 1. The zero-order chi connectivity index (χ0) is 14.2. The smallest absolute Gasteiger partial charge is 0.384 e. The van der Waals surface area contributed by atoms with Gasteiger partial charge < -0.3 is 10.6 Å². The number of rotatable bonds is 4. The molecule has 0 radical (unpaired) electrons. The summed E-state index contributed by atoms with van der Waals surface area (Å²) in [6, 6.07) is 1.48. The number of anilines is 1. The van der Waals surface area contributed by atoms with Gasteiger partial charge in [-0.1, -0.05) is 0 Å². The molecule has 1 aromatic rings. The van der Waals surface area contributed by atoms with Crippen LogP contribution < -0.4 is 10.6 Å². The van der Waals surface area contributed by atoms with Crippen molar-refractivity contribution >= 4 is 11.7 Å². The van der Waals surface area contributed by atoms with Crippen LogP contribution in [0.15, 0.2) is 12.3 Å². The molecule has 0 bridgehead atoms. The maximum absolute atomic E-state index is 12.7. The Bertz CT molecular complexity index is 494. The van der Waals surface area contributed by atoms with Crippen LogP contribution >= 0.6 is 0 Å². The number of aryl methyl sites for hydroxylation is 1. The Labute approximate surface area is 108 Å². The lowest BCUT2D eigenvalue weighted by molar-refractivity contribution is -0.120. The zero-order valence-corrected chi connectivity index (χ0v) is 10.5. The second kappa shape index (κ2) is 4.71. The van der Waals surface area contributed by atoms with Gasteiger partial charge in [-0.15, -0.1) is 0 Å². The van der Waals surface area contributed by atoms with E-state index in [4.69, 9.17) is 11.1 Å². The SMILES string of the molecule is Cc1ccnc(N(CC(F)(F)F)C2CC2)c1C(=N)N. The van der Waals surface area contributed by atoms with Gasteiger partial charge in [0.2, 0.25) is 0 Å². The molecule has 0 spiro atoms. The molecule has 7 heteroatoms. The van der Waals surface area contributed by atoms with Crippen molar-refractivity contribution in [1.82, 2.24) is 4.98 Å². The molecule has 0 atom stereocenters. The maximum atomic E-state index is 12.7. The summed E-state index contributed by atoms with van der Waals surface area (Å²) in [6.07, 6.45) is -1.43. The van der Waals surface area contributed by atoms with Crippen molar-refractivity contribution in [3.8, 4) is 0 Å². The predicted octanol–water partition coefficient (Wildman–Crippen LogP) is 2.21. The summed E-state index contributed by atoms with van der Waals surface area (Å²) in [6.45, 7) is 0.648. The van der Waals surface area contributed by atoms with Crippen LogP contribution in [0.1, 0.15) is 24.0 Å². The molecule has 1 aliphatic rings. The van der Waals surface area contributed by atoms with Gasteiger partial charge in [0.25, 0.3) is 0 Å². The minimum absolute atomic E-state index is 0.158. The Kier molecular flexibility index (Phi) is 3.38. The Balaban J connectivity index is 2.42. The van der Waals surface area contributed by atoms with Crippen LogP contribution in [0.4, 0.5) is 19.0 Å². The number of alkyl halides is 3. The van der Waals surface area contributed by atoms with Gasteiger partial charge in [0, 0.05) is 12.2 Å². The number of hydrogen-bond acceptors (Lipinski definition) is 3. The standard InChI is InChI=1S/C12H15F3N4/c1-7-4-5-18-11(9(7)10(16)17)19(8-2-3-8)6-12(13,14)15/h4-5,8H,2-3,6H2,1H3,(H3,16,17). The van der Waals surface area contributed by atoms with Gasteiger partial charge in [0.05, 0.1) is 5.56 Å². The molecule has 0 saturated heterocycles. The molecule has 0 aliphatic heterocycles.